The van der Waals surface area contributed by atoms with E-state index in [-0.39, 0.29) is 4.90 Å². The van der Waals surface area contributed by atoms with Gasteiger partial charge >= 0.3 is 0 Å². The summed E-state index contributed by atoms with van der Waals surface area (Å²) in [6.07, 6.45) is 9.42. The SMILES string of the molecule is CCCCCCCC[n+]1ccccc1-c1cc(S(=O)(=O)O)ccc1C. The van der Waals surface area contributed by atoms with Gasteiger partial charge in [-0.2, -0.15) is 13.0 Å². The molecule has 0 unspecified atom stereocenters. The van der Waals surface area contributed by atoms with Crippen LogP contribution in [-0.4, -0.2) is 13.0 Å². The van der Waals surface area contributed by atoms with Crippen molar-refractivity contribution in [2.24, 2.45) is 0 Å². The molecule has 1 aromatic carbocycles. The molecule has 0 amide bonds. The first-order chi connectivity index (χ1) is 11.9. The van der Waals surface area contributed by atoms with E-state index >= 15 is 0 Å². The van der Waals surface area contributed by atoms with E-state index in [1.807, 2.05) is 31.3 Å². The highest BCUT2D eigenvalue weighted by atomic mass is 32.2. The highest BCUT2D eigenvalue weighted by Gasteiger charge is 2.18. The quantitative estimate of drug-likeness (QED) is 0.404. The van der Waals surface area contributed by atoms with Crippen molar-refractivity contribution in [3.8, 4) is 11.3 Å². The monoisotopic (exact) mass is 362 g/mol. The number of pyridine rings is 1. The number of hydrogen-bond donors (Lipinski definition) is 1. The van der Waals surface area contributed by atoms with Crippen molar-refractivity contribution in [1.82, 2.24) is 0 Å². The summed E-state index contributed by atoms with van der Waals surface area (Å²) < 4.78 is 34.4. The molecule has 0 aliphatic heterocycles. The fraction of sp³-hybridized carbons (Fsp3) is 0.450. The van der Waals surface area contributed by atoms with Crippen LogP contribution in [0, 0.1) is 6.92 Å². The van der Waals surface area contributed by atoms with Gasteiger partial charge in [0.15, 0.2) is 6.20 Å². The van der Waals surface area contributed by atoms with Gasteiger partial charge in [0.05, 0.1) is 10.5 Å². The van der Waals surface area contributed by atoms with E-state index in [9.17, 15) is 13.0 Å². The minimum Gasteiger partial charge on any atom is -0.282 e. The second kappa shape index (κ2) is 9.11. The molecular formula is C20H28NO3S+. The van der Waals surface area contributed by atoms with E-state index in [4.69, 9.17) is 0 Å². The van der Waals surface area contributed by atoms with E-state index in [1.54, 1.807) is 12.1 Å². The van der Waals surface area contributed by atoms with Crippen molar-refractivity contribution in [3.05, 3.63) is 48.2 Å². The minimum absolute atomic E-state index is 0.0666. The molecule has 0 saturated carbocycles. The molecule has 1 aromatic heterocycles. The zero-order valence-corrected chi connectivity index (χ0v) is 15.9. The second-order valence-electron chi connectivity index (χ2n) is 6.50. The Labute approximate surface area is 151 Å². The Morgan fingerprint density at radius 1 is 1.00 bits per heavy atom. The molecule has 0 aliphatic carbocycles. The van der Waals surface area contributed by atoms with Crippen molar-refractivity contribution in [2.45, 2.75) is 63.8 Å². The molecule has 0 aliphatic rings. The van der Waals surface area contributed by atoms with Gasteiger partial charge in [-0.1, -0.05) is 38.7 Å². The van der Waals surface area contributed by atoms with Crippen LogP contribution in [0.4, 0.5) is 0 Å². The summed E-state index contributed by atoms with van der Waals surface area (Å²) in [7, 11) is -4.20. The lowest BCUT2D eigenvalue weighted by atomic mass is 10.0. The Balaban J connectivity index is 2.20. The van der Waals surface area contributed by atoms with E-state index in [0.29, 0.717) is 0 Å². The van der Waals surface area contributed by atoms with Gasteiger partial charge in [0.1, 0.15) is 6.54 Å². The molecule has 4 nitrogen and oxygen atoms in total. The normalized spacial score (nSPS) is 11.6. The summed E-state index contributed by atoms with van der Waals surface area (Å²) in [6.45, 7) is 5.07. The highest BCUT2D eigenvalue weighted by Crippen LogP contribution is 2.24. The average molecular weight is 363 g/mol. The molecule has 1 heterocycles. The predicted octanol–water partition coefficient (Wildman–Crippen LogP) is 4.56. The van der Waals surface area contributed by atoms with Gasteiger partial charge < -0.3 is 0 Å². The van der Waals surface area contributed by atoms with E-state index in [0.717, 1.165) is 29.8 Å². The van der Waals surface area contributed by atoms with E-state index in [1.165, 1.54) is 38.2 Å². The largest absolute Gasteiger partial charge is 0.294 e. The molecule has 2 rings (SSSR count). The summed E-state index contributed by atoms with van der Waals surface area (Å²) in [5.74, 6) is 0. The van der Waals surface area contributed by atoms with Crippen LogP contribution in [0.5, 0.6) is 0 Å². The zero-order chi connectivity index (χ0) is 18.3. The minimum atomic E-state index is -4.20. The fourth-order valence-corrected chi connectivity index (χ4v) is 3.52. The van der Waals surface area contributed by atoms with Crippen molar-refractivity contribution in [2.75, 3.05) is 0 Å². The highest BCUT2D eigenvalue weighted by molar-refractivity contribution is 7.85. The number of aryl methyl sites for hydroxylation is 2. The maximum atomic E-state index is 11.5. The van der Waals surface area contributed by atoms with Gasteiger partial charge in [-0.05, 0) is 37.1 Å². The predicted molar refractivity (Wildman–Crippen MR) is 100 cm³/mol. The first-order valence-corrected chi connectivity index (χ1v) is 10.4. The van der Waals surface area contributed by atoms with Crippen LogP contribution in [0.15, 0.2) is 47.5 Å². The molecular weight excluding hydrogens is 334 g/mol. The average Bonchev–Trinajstić information content (AvgIpc) is 2.58. The first-order valence-electron chi connectivity index (χ1n) is 9.00. The lowest BCUT2D eigenvalue weighted by Gasteiger charge is -2.08. The second-order valence-corrected chi connectivity index (χ2v) is 7.92. The molecule has 0 bridgehead atoms. The number of rotatable bonds is 9. The van der Waals surface area contributed by atoms with Crippen LogP contribution < -0.4 is 4.57 Å². The molecule has 136 valence electrons. The zero-order valence-electron chi connectivity index (χ0n) is 15.1. The summed E-state index contributed by atoms with van der Waals surface area (Å²) in [6, 6.07) is 10.7. The Hall–Kier alpha value is -1.72. The Kier molecular flexibility index (Phi) is 7.14. The maximum Gasteiger partial charge on any atom is 0.294 e. The maximum absolute atomic E-state index is 11.5. The van der Waals surface area contributed by atoms with Crippen LogP contribution in [0.3, 0.4) is 0 Å². The number of unbranched alkanes of at least 4 members (excludes halogenated alkanes) is 5. The van der Waals surface area contributed by atoms with Crippen molar-refractivity contribution >= 4 is 10.1 Å². The summed E-state index contributed by atoms with van der Waals surface area (Å²) >= 11 is 0. The van der Waals surface area contributed by atoms with Crippen LogP contribution in [0.1, 0.15) is 51.0 Å². The van der Waals surface area contributed by atoms with E-state index < -0.39 is 10.1 Å². The molecule has 0 saturated heterocycles. The fourth-order valence-electron chi connectivity index (χ4n) is 3.02. The number of nitrogens with zero attached hydrogens (tertiary/aromatic N) is 1. The van der Waals surface area contributed by atoms with Gasteiger partial charge in [0.2, 0.25) is 5.69 Å². The van der Waals surface area contributed by atoms with Gasteiger partial charge in [-0.25, -0.2) is 0 Å². The molecule has 2 aromatic rings. The molecule has 5 heteroatoms. The summed E-state index contributed by atoms with van der Waals surface area (Å²) in [5.41, 5.74) is 2.79. The van der Waals surface area contributed by atoms with Gasteiger partial charge in [-0.3, -0.25) is 4.55 Å². The number of benzene rings is 1. The number of hydrogen-bond acceptors (Lipinski definition) is 2. The standard InChI is InChI=1S/C20H27NO3S/c1-3-4-5-6-7-9-14-21-15-10-8-11-20(21)19-16-18(25(22,23)24)13-12-17(19)2/h8,10-13,15-16H,3-7,9,14H2,1-2H3/p+1. The Bertz CT molecular complexity index is 800. The van der Waals surface area contributed by atoms with E-state index in [2.05, 4.69) is 11.5 Å². The third kappa shape index (κ3) is 5.65. The molecule has 0 radical (unpaired) electrons. The van der Waals surface area contributed by atoms with Crippen LogP contribution in [0.25, 0.3) is 11.3 Å². The van der Waals surface area contributed by atoms with Crippen molar-refractivity contribution in [1.29, 1.82) is 0 Å². The van der Waals surface area contributed by atoms with Gasteiger partial charge in [0.25, 0.3) is 10.1 Å². The molecule has 1 N–H and O–H groups in total. The Morgan fingerprint density at radius 2 is 1.72 bits per heavy atom. The first kappa shape index (κ1) is 19.6. The van der Waals surface area contributed by atoms with Gasteiger partial charge in [0, 0.05) is 18.6 Å². The number of aromatic nitrogens is 1. The molecule has 0 fully saturated rings. The smallest absolute Gasteiger partial charge is 0.282 e. The van der Waals surface area contributed by atoms with Crippen molar-refractivity contribution < 1.29 is 17.5 Å². The third-order valence-corrected chi connectivity index (χ3v) is 5.33. The van der Waals surface area contributed by atoms with Crippen LogP contribution in [0.2, 0.25) is 0 Å². The van der Waals surface area contributed by atoms with Crippen LogP contribution in [-0.2, 0) is 16.7 Å². The summed E-state index contributed by atoms with van der Waals surface area (Å²) in [5, 5.41) is 0. The molecule has 0 atom stereocenters. The topological polar surface area (TPSA) is 58.2 Å². The summed E-state index contributed by atoms with van der Waals surface area (Å²) in [4.78, 5) is -0.0666. The van der Waals surface area contributed by atoms with Crippen LogP contribution >= 0.6 is 0 Å². The third-order valence-electron chi connectivity index (χ3n) is 4.48. The molecule has 25 heavy (non-hydrogen) atoms. The Morgan fingerprint density at radius 3 is 2.44 bits per heavy atom. The molecule has 0 spiro atoms. The lowest BCUT2D eigenvalue weighted by molar-refractivity contribution is -0.686. The van der Waals surface area contributed by atoms with Crippen molar-refractivity contribution in [3.63, 3.8) is 0 Å². The van der Waals surface area contributed by atoms with Gasteiger partial charge in [-0.15, -0.1) is 0 Å². The lowest BCUT2D eigenvalue weighted by Crippen LogP contribution is -2.35.